The summed E-state index contributed by atoms with van der Waals surface area (Å²) in [5.74, 6) is -0.253. The van der Waals surface area contributed by atoms with Gasteiger partial charge in [0.05, 0.1) is 12.5 Å². The number of benzene rings is 2. The van der Waals surface area contributed by atoms with E-state index in [2.05, 4.69) is 76.9 Å². The van der Waals surface area contributed by atoms with Gasteiger partial charge >= 0.3 is 5.97 Å². The summed E-state index contributed by atoms with van der Waals surface area (Å²) in [6.45, 7) is 7.38. The fourth-order valence-corrected chi connectivity index (χ4v) is 4.67. The first-order valence-corrected chi connectivity index (χ1v) is 12.7. The van der Waals surface area contributed by atoms with Gasteiger partial charge < -0.3 is 13.5 Å². The molecule has 0 bridgehead atoms. The summed E-state index contributed by atoms with van der Waals surface area (Å²) in [6.07, 6.45) is 5.80. The number of hydrogen-bond donors (Lipinski definition) is 0. The van der Waals surface area contributed by atoms with Gasteiger partial charge in [-0.2, -0.15) is 4.40 Å². The second kappa shape index (κ2) is 10.1. The summed E-state index contributed by atoms with van der Waals surface area (Å²) in [5.41, 5.74) is 7.28. The van der Waals surface area contributed by atoms with E-state index in [1.165, 1.54) is 43.9 Å². The fourth-order valence-electron chi connectivity index (χ4n) is 4.38. The maximum absolute atomic E-state index is 9.66. The minimum absolute atomic E-state index is 0.829. The topological polar surface area (TPSA) is 110 Å². The van der Waals surface area contributed by atoms with E-state index < -0.39 is 16.4 Å². The number of aryl methyl sites for hydroxylation is 3. The molecule has 2 aromatic carbocycles. The lowest BCUT2D eigenvalue weighted by Gasteiger charge is -2.12. The van der Waals surface area contributed by atoms with Crippen LogP contribution in [0.5, 0.6) is 5.75 Å². The number of carbonyl (C=O) groups excluding carboxylic acids is 1. The number of aromatic nitrogens is 2. The summed E-state index contributed by atoms with van der Waals surface area (Å²) in [6, 6.07) is 17.5. The third-order valence-corrected chi connectivity index (χ3v) is 6.67. The van der Waals surface area contributed by atoms with Gasteiger partial charge in [0.25, 0.3) is 10.4 Å². The van der Waals surface area contributed by atoms with Gasteiger partial charge in [-0.3, -0.25) is 9.78 Å². The van der Waals surface area contributed by atoms with Crippen molar-refractivity contribution in [3.63, 3.8) is 0 Å². The van der Waals surface area contributed by atoms with Crippen molar-refractivity contribution in [2.24, 2.45) is 0 Å². The molecule has 0 saturated heterocycles. The Kier molecular flexibility index (Phi) is 7.11. The molecule has 5 aromatic rings. The summed E-state index contributed by atoms with van der Waals surface area (Å²) < 4.78 is 39.6. The molecule has 9 heteroatoms. The monoisotopic (exact) mass is 518 g/mol. The van der Waals surface area contributed by atoms with Gasteiger partial charge in [0.1, 0.15) is 5.75 Å². The van der Waals surface area contributed by atoms with Crippen molar-refractivity contribution in [2.45, 2.75) is 27.7 Å². The fraction of sp³-hybridized carbons (Fsp3) is 0.179. The Hall–Kier alpha value is -4.08. The van der Waals surface area contributed by atoms with E-state index in [1.807, 2.05) is 24.5 Å². The number of methoxy groups -OCH3 is 1. The molecular weight excluding hydrogens is 492 g/mol. The molecule has 0 amide bonds. The number of nitrogens with zero attached hydrogens (tertiary/aromatic N) is 2. The summed E-state index contributed by atoms with van der Waals surface area (Å²) >= 11 is 0. The molecule has 37 heavy (non-hydrogen) atoms. The first kappa shape index (κ1) is 26.0. The van der Waals surface area contributed by atoms with Gasteiger partial charge in [0.15, 0.2) is 11.9 Å². The van der Waals surface area contributed by atoms with Crippen LogP contribution in [0, 0.1) is 20.8 Å². The zero-order valence-electron chi connectivity index (χ0n) is 21.1. The van der Waals surface area contributed by atoms with Crippen LogP contribution in [0.15, 0.2) is 67.1 Å². The van der Waals surface area contributed by atoms with Gasteiger partial charge in [0, 0.05) is 49.3 Å². The summed E-state index contributed by atoms with van der Waals surface area (Å²) in [7, 11) is -3.10. The van der Waals surface area contributed by atoms with E-state index in [9.17, 15) is 17.8 Å². The van der Waals surface area contributed by atoms with Gasteiger partial charge in [-0.1, -0.05) is 6.07 Å². The Morgan fingerprint density at radius 3 is 2.19 bits per heavy atom. The lowest BCUT2D eigenvalue weighted by molar-refractivity contribution is -0.516. The Bertz CT molecular complexity index is 1770. The van der Waals surface area contributed by atoms with Crippen LogP contribution in [0.4, 0.5) is 0 Å². The zero-order valence-corrected chi connectivity index (χ0v) is 21.9. The number of rotatable bonds is 3. The number of carbonyl (C=O) groups is 1. The van der Waals surface area contributed by atoms with Crippen LogP contribution >= 0.6 is 0 Å². The number of fused-ring (bicyclic) bond motifs is 4. The standard InChI is InChI=1S/C26H23N2O.C2H4O5S/c1-16-11-21-13-25-23-15-24(19-5-8-27-9-6-19)26(29-4)14-20(23)7-10-28(25)18(3)22(21)12-17(16)2;1-2(3)7-8(4,5)6/h5-15H,1-4H3;1H3,(H,4,5,6)/q+1;/p-1. The lowest BCUT2D eigenvalue weighted by atomic mass is 9.98. The Labute approximate surface area is 215 Å². The molecular formula is C28H26N2O6S. The van der Waals surface area contributed by atoms with Gasteiger partial charge in [-0.25, -0.2) is 8.42 Å². The molecule has 0 aliphatic carbocycles. The third kappa shape index (κ3) is 5.52. The van der Waals surface area contributed by atoms with E-state index in [4.69, 9.17) is 4.74 Å². The first-order valence-electron chi connectivity index (χ1n) is 11.4. The first-order chi connectivity index (χ1) is 17.5. The van der Waals surface area contributed by atoms with Crippen LogP contribution in [-0.4, -0.2) is 31.0 Å². The van der Waals surface area contributed by atoms with E-state index in [1.54, 1.807) is 7.11 Å². The van der Waals surface area contributed by atoms with Crippen LogP contribution in [0.1, 0.15) is 23.7 Å². The average Bonchev–Trinajstić information content (AvgIpc) is 2.84. The highest BCUT2D eigenvalue weighted by Crippen LogP contribution is 2.35. The van der Waals surface area contributed by atoms with Crippen LogP contribution in [0.25, 0.3) is 38.2 Å². The Morgan fingerprint density at radius 2 is 1.59 bits per heavy atom. The van der Waals surface area contributed by atoms with Crippen molar-refractivity contribution in [2.75, 3.05) is 7.11 Å². The second-order valence-corrected chi connectivity index (χ2v) is 9.67. The smallest absolute Gasteiger partial charge is 0.318 e. The van der Waals surface area contributed by atoms with Crippen molar-refractivity contribution < 1.29 is 31.1 Å². The number of ether oxygens (including phenoxy) is 1. The van der Waals surface area contributed by atoms with Crippen molar-refractivity contribution in [1.29, 1.82) is 0 Å². The third-order valence-electron chi connectivity index (χ3n) is 6.23. The summed E-state index contributed by atoms with van der Waals surface area (Å²) in [5, 5.41) is 4.96. The molecule has 3 aromatic heterocycles. The molecule has 0 radical (unpaired) electrons. The molecule has 0 fully saturated rings. The molecule has 0 N–H and O–H groups in total. The maximum Gasteiger partial charge on any atom is 0.318 e. The second-order valence-electron chi connectivity index (χ2n) is 8.68. The number of pyridine rings is 3. The highest BCUT2D eigenvalue weighted by atomic mass is 32.3. The predicted octanol–water partition coefficient (Wildman–Crippen LogP) is 4.74. The minimum Gasteiger partial charge on any atom is -0.716 e. The van der Waals surface area contributed by atoms with Crippen LogP contribution in [0.2, 0.25) is 0 Å². The van der Waals surface area contributed by atoms with E-state index in [0.717, 1.165) is 23.8 Å². The lowest BCUT2D eigenvalue weighted by Crippen LogP contribution is -2.25. The molecule has 5 rings (SSSR count). The van der Waals surface area contributed by atoms with Crippen molar-refractivity contribution in [1.82, 2.24) is 4.98 Å². The Balaban J connectivity index is 0.000000349. The molecule has 190 valence electrons. The molecule has 0 spiro atoms. The van der Waals surface area contributed by atoms with Crippen LogP contribution in [-0.2, 0) is 19.4 Å². The molecule has 8 nitrogen and oxygen atoms in total. The van der Waals surface area contributed by atoms with E-state index >= 15 is 0 Å². The van der Waals surface area contributed by atoms with E-state index in [-0.39, 0.29) is 0 Å². The molecule has 0 atom stereocenters. The molecule has 0 saturated carbocycles. The highest BCUT2D eigenvalue weighted by Gasteiger charge is 2.18. The normalized spacial score (nSPS) is 11.3. The largest absolute Gasteiger partial charge is 0.716 e. The van der Waals surface area contributed by atoms with Crippen LogP contribution in [0.3, 0.4) is 0 Å². The Morgan fingerprint density at radius 1 is 0.919 bits per heavy atom. The average molecular weight is 519 g/mol. The maximum atomic E-state index is 9.66. The summed E-state index contributed by atoms with van der Waals surface area (Å²) in [4.78, 5) is 13.8. The van der Waals surface area contributed by atoms with E-state index in [0.29, 0.717) is 0 Å². The van der Waals surface area contributed by atoms with Crippen molar-refractivity contribution in [3.8, 4) is 16.9 Å². The highest BCUT2D eigenvalue weighted by molar-refractivity contribution is 7.81. The zero-order chi connectivity index (χ0) is 26.9. The van der Waals surface area contributed by atoms with Crippen molar-refractivity contribution >= 4 is 43.4 Å². The molecule has 0 aliphatic heterocycles. The van der Waals surface area contributed by atoms with Crippen molar-refractivity contribution in [3.05, 3.63) is 83.9 Å². The SMILES string of the molecule is CC(=O)OS(=O)(=O)[O-].COc1cc2cc[n+]3c(C)c4cc(C)c(C)cc4cc3c2cc1-c1ccncc1. The van der Waals surface area contributed by atoms with Gasteiger partial charge in [0.2, 0.25) is 5.52 Å². The van der Waals surface area contributed by atoms with Gasteiger partial charge in [-0.05, 0) is 71.6 Å². The predicted molar refractivity (Wildman–Crippen MR) is 140 cm³/mol. The number of hydrogen-bond acceptors (Lipinski definition) is 7. The molecule has 0 aliphatic rings. The quantitative estimate of drug-likeness (QED) is 0.112. The molecule has 0 unspecified atom stereocenters. The van der Waals surface area contributed by atoms with Crippen LogP contribution < -0.4 is 9.14 Å². The molecule has 3 heterocycles. The van der Waals surface area contributed by atoms with Gasteiger partial charge in [-0.15, -0.1) is 0 Å². The minimum atomic E-state index is -4.82.